The van der Waals surface area contributed by atoms with E-state index in [4.69, 9.17) is 0 Å². The van der Waals surface area contributed by atoms with E-state index in [0.29, 0.717) is 12.2 Å². The van der Waals surface area contributed by atoms with Crippen molar-refractivity contribution in [2.24, 2.45) is 0 Å². The minimum atomic E-state index is 0.424. The van der Waals surface area contributed by atoms with E-state index >= 15 is 0 Å². The number of hydrogen-bond donors (Lipinski definition) is 0. The predicted octanol–water partition coefficient (Wildman–Crippen LogP) is 5.20. The van der Waals surface area contributed by atoms with E-state index in [1.165, 1.54) is 57.8 Å². The molecule has 98 valence electrons. The van der Waals surface area contributed by atoms with Crippen molar-refractivity contribution in [3.63, 3.8) is 0 Å². The highest BCUT2D eigenvalue weighted by molar-refractivity contribution is 5.79. The molecule has 1 aliphatic rings. The first-order valence-electron chi connectivity index (χ1n) is 7.56. The SMILES string of the molecule is O=C1CC=CCCCCCCCCCCCC1. The van der Waals surface area contributed by atoms with Crippen molar-refractivity contribution in [2.75, 3.05) is 0 Å². The molecule has 0 atom stereocenters. The Morgan fingerprint density at radius 1 is 0.647 bits per heavy atom. The van der Waals surface area contributed by atoms with Crippen LogP contribution in [0.15, 0.2) is 12.2 Å². The molecule has 0 N–H and O–H groups in total. The largest absolute Gasteiger partial charge is 0.299 e. The van der Waals surface area contributed by atoms with Crippen molar-refractivity contribution in [1.29, 1.82) is 0 Å². The zero-order valence-electron chi connectivity index (χ0n) is 11.3. The zero-order valence-corrected chi connectivity index (χ0v) is 11.3. The van der Waals surface area contributed by atoms with Gasteiger partial charge in [-0.15, -0.1) is 0 Å². The minimum absolute atomic E-state index is 0.424. The van der Waals surface area contributed by atoms with Gasteiger partial charge >= 0.3 is 0 Å². The first kappa shape index (κ1) is 14.5. The van der Waals surface area contributed by atoms with E-state index in [0.717, 1.165) is 19.3 Å². The highest BCUT2D eigenvalue weighted by Crippen LogP contribution is 2.13. The highest BCUT2D eigenvalue weighted by atomic mass is 16.1. The van der Waals surface area contributed by atoms with Gasteiger partial charge in [-0.2, -0.15) is 0 Å². The normalized spacial score (nSPS) is 22.5. The zero-order chi connectivity index (χ0) is 12.2. The van der Waals surface area contributed by atoms with E-state index in [1.807, 2.05) is 0 Å². The van der Waals surface area contributed by atoms with Crippen molar-refractivity contribution in [3.8, 4) is 0 Å². The van der Waals surface area contributed by atoms with Crippen molar-refractivity contribution in [2.45, 2.75) is 83.5 Å². The Morgan fingerprint density at radius 3 is 1.82 bits per heavy atom. The molecule has 0 amide bonds. The van der Waals surface area contributed by atoms with Gasteiger partial charge in [-0.05, 0) is 19.3 Å². The Kier molecular flexibility index (Phi) is 8.99. The van der Waals surface area contributed by atoms with Crippen LogP contribution in [0, 0.1) is 0 Å². The summed E-state index contributed by atoms with van der Waals surface area (Å²) in [7, 11) is 0. The summed E-state index contributed by atoms with van der Waals surface area (Å²) >= 11 is 0. The molecule has 1 aliphatic carbocycles. The number of rotatable bonds is 0. The Morgan fingerprint density at radius 2 is 1.18 bits per heavy atom. The molecule has 0 aromatic rings. The molecular weight excluding hydrogens is 208 g/mol. The second kappa shape index (κ2) is 10.6. The number of allylic oxidation sites excluding steroid dienone is 2. The molecule has 0 aliphatic heterocycles. The molecule has 0 radical (unpaired) electrons. The van der Waals surface area contributed by atoms with Gasteiger partial charge in [-0.1, -0.05) is 63.5 Å². The third-order valence-corrected chi connectivity index (χ3v) is 3.59. The van der Waals surface area contributed by atoms with Gasteiger partial charge in [0.1, 0.15) is 5.78 Å². The van der Waals surface area contributed by atoms with Crippen LogP contribution in [0.1, 0.15) is 83.5 Å². The van der Waals surface area contributed by atoms with Gasteiger partial charge in [0, 0.05) is 12.8 Å². The molecule has 0 heterocycles. The van der Waals surface area contributed by atoms with E-state index in [1.54, 1.807) is 0 Å². The Balaban J connectivity index is 2.19. The van der Waals surface area contributed by atoms with Gasteiger partial charge in [-0.3, -0.25) is 4.79 Å². The van der Waals surface area contributed by atoms with Crippen molar-refractivity contribution in [1.82, 2.24) is 0 Å². The lowest BCUT2D eigenvalue weighted by Gasteiger charge is -2.03. The van der Waals surface area contributed by atoms with Gasteiger partial charge in [0.05, 0.1) is 0 Å². The molecule has 0 saturated heterocycles. The topological polar surface area (TPSA) is 17.1 Å². The van der Waals surface area contributed by atoms with Crippen LogP contribution >= 0.6 is 0 Å². The molecule has 17 heavy (non-hydrogen) atoms. The number of carbonyl (C=O) groups excluding carboxylic acids is 1. The number of carbonyl (C=O) groups is 1. The second-order valence-electron chi connectivity index (χ2n) is 5.29. The molecule has 0 fully saturated rings. The standard InChI is InChI=1S/C16H28O/c17-16-14-12-10-8-6-4-2-1-3-5-7-9-11-13-15-16/h10,12H,1-9,11,13-15H2. The summed E-state index contributed by atoms with van der Waals surface area (Å²) in [5.74, 6) is 0.424. The summed E-state index contributed by atoms with van der Waals surface area (Å²) in [4.78, 5) is 11.5. The Labute approximate surface area is 107 Å². The molecule has 0 bridgehead atoms. The molecular formula is C16H28O. The van der Waals surface area contributed by atoms with E-state index in [9.17, 15) is 4.79 Å². The summed E-state index contributed by atoms with van der Waals surface area (Å²) in [5, 5.41) is 0. The van der Waals surface area contributed by atoms with E-state index in [-0.39, 0.29) is 0 Å². The fourth-order valence-electron chi connectivity index (χ4n) is 2.43. The van der Waals surface area contributed by atoms with Crippen LogP contribution in [0.25, 0.3) is 0 Å². The quantitative estimate of drug-likeness (QED) is 0.528. The second-order valence-corrected chi connectivity index (χ2v) is 5.29. The van der Waals surface area contributed by atoms with Crippen LogP contribution in [0.5, 0.6) is 0 Å². The minimum Gasteiger partial charge on any atom is -0.299 e. The van der Waals surface area contributed by atoms with Gasteiger partial charge in [0.25, 0.3) is 0 Å². The first-order chi connectivity index (χ1) is 8.39. The lowest BCUT2D eigenvalue weighted by Crippen LogP contribution is -1.95. The molecule has 0 aromatic heterocycles. The fourth-order valence-corrected chi connectivity index (χ4v) is 2.43. The predicted molar refractivity (Wildman–Crippen MR) is 74.2 cm³/mol. The van der Waals surface area contributed by atoms with Crippen LogP contribution < -0.4 is 0 Å². The molecule has 0 aromatic carbocycles. The fraction of sp³-hybridized carbons (Fsp3) is 0.812. The Bertz CT molecular complexity index is 218. The van der Waals surface area contributed by atoms with Gasteiger partial charge in [-0.25, -0.2) is 0 Å². The average Bonchev–Trinajstić information content (AvgIpc) is 2.32. The average molecular weight is 236 g/mol. The molecule has 1 nitrogen and oxygen atoms in total. The van der Waals surface area contributed by atoms with Crippen molar-refractivity contribution >= 4 is 5.78 Å². The van der Waals surface area contributed by atoms with Crippen molar-refractivity contribution < 1.29 is 4.79 Å². The molecule has 0 saturated carbocycles. The third-order valence-electron chi connectivity index (χ3n) is 3.59. The summed E-state index contributed by atoms with van der Waals surface area (Å²) in [5.41, 5.74) is 0. The number of hydrogen-bond acceptors (Lipinski definition) is 1. The maximum Gasteiger partial charge on any atom is 0.136 e. The third kappa shape index (κ3) is 9.14. The van der Waals surface area contributed by atoms with Gasteiger partial charge in [0.2, 0.25) is 0 Å². The van der Waals surface area contributed by atoms with Gasteiger partial charge in [0.15, 0.2) is 0 Å². The summed E-state index contributed by atoms with van der Waals surface area (Å²) in [6.07, 6.45) is 20.2. The van der Waals surface area contributed by atoms with Crippen LogP contribution in [-0.2, 0) is 4.79 Å². The summed E-state index contributed by atoms with van der Waals surface area (Å²) in [6.45, 7) is 0. The molecule has 1 rings (SSSR count). The van der Waals surface area contributed by atoms with E-state index < -0.39 is 0 Å². The highest BCUT2D eigenvalue weighted by Gasteiger charge is 1.99. The molecule has 0 unspecified atom stereocenters. The summed E-state index contributed by atoms with van der Waals surface area (Å²) in [6, 6.07) is 0. The summed E-state index contributed by atoms with van der Waals surface area (Å²) < 4.78 is 0. The van der Waals surface area contributed by atoms with E-state index in [2.05, 4.69) is 12.2 Å². The molecule has 1 heteroatoms. The number of ketones is 1. The van der Waals surface area contributed by atoms with Crippen LogP contribution in [0.3, 0.4) is 0 Å². The van der Waals surface area contributed by atoms with Gasteiger partial charge < -0.3 is 0 Å². The van der Waals surface area contributed by atoms with Crippen LogP contribution in [0.4, 0.5) is 0 Å². The lowest BCUT2D eigenvalue weighted by molar-refractivity contribution is -0.118. The van der Waals surface area contributed by atoms with Crippen molar-refractivity contribution in [3.05, 3.63) is 12.2 Å². The van der Waals surface area contributed by atoms with Crippen LogP contribution in [0.2, 0.25) is 0 Å². The van der Waals surface area contributed by atoms with Crippen LogP contribution in [-0.4, -0.2) is 5.78 Å². The Hall–Kier alpha value is -0.590. The first-order valence-corrected chi connectivity index (χ1v) is 7.56. The maximum absolute atomic E-state index is 11.5. The lowest BCUT2D eigenvalue weighted by atomic mass is 10.0. The maximum atomic E-state index is 11.5. The smallest absolute Gasteiger partial charge is 0.136 e. The molecule has 0 spiro atoms. The monoisotopic (exact) mass is 236 g/mol. The number of Topliss-reactive ketones (excluding diaryl/α,β-unsaturated/α-hetero) is 1.